The summed E-state index contributed by atoms with van der Waals surface area (Å²) in [5.74, 6) is 0. The molecule has 0 nitrogen and oxygen atoms in total. The molecular weight excluding hydrogens is 343 g/mol. The van der Waals surface area contributed by atoms with Crippen LogP contribution >= 0.6 is 0 Å². The largest absolute Gasteiger partial charge is 1.00 e. The van der Waals surface area contributed by atoms with Crippen LogP contribution in [-0.4, -0.2) is 6.18 Å². The van der Waals surface area contributed by atoms with Crippen molar-refractivity contribution in [1.82, 2.24) is 0 Å². The minimum atomic E-state index is -4.29. The van der Waals surface area contributed by atoms with Crippen molar-refractivity contribution in [2.45, 2.75) is 6.18 Å². The molecule has 0 heterocycles. The van der Waals surface area contributed by atoms with Gasteiger partial charge in [-0.1, -0.05) is 0 Å². The Hall–Kier alpha value is 0.657. The normalized spacial score (nSPS) is 11.2. The van der Waals surface area contributed by atoms with E-state index in [0.717, 1.165) is 6.08 Å². The van der Waals surface area contributed by atoms with E-state index in [0.29, 0.717) is 0 Å². The molecule has 0 bridgehead atoms. The minimum Gasteiger partial charge on any atom is -1.00 e. The van der Waals surface area contributed by atoms with Crippen LogP contribution in [-0.2, 0) is 39.0 Å². The molecule has 0 saturated heterocycles. The first-order valence-electron chi connectivity index (χ1n) is 2.55. The average Bonchev–Trinajstić information content (AvgIpc) is 1.88. The maximum Gasteiger partial charge on any atom is 0.424 e. The monoisotopic (exact) mass is 342 g/mol. The van der Waals surface area contributed by atoms with Gasteiger partial charge in [0.15, 0.2) is 0 Å². The van der Waals surface area contributed by atoms with Gasteiger partial charge < -0.3 is 24.8 Å². The van der Waals surface area contributed by atoms with Crippen molar-refractivity contribution in [3.05, 3.63) is 35.3 Å². The van der Waals surface area contributed by atoms with Gasteiger partial charge in [0.25, 0.3) is 0 Å². The fraction of sp³-hybridized carbons (Fsp3) is 0.143. The summed E-state index contributed by atoms with van der Waals surface area (Å²) in [6.45, 7) is 0. The number of allylic oxidation sites excluding steroid dienone is 2. The summed E-state index contributed by atoms with van der Waals surface area (Å²) in [4.78, 5) is 0. The summed E-state index contributed by atoms with van der Waals surface area (Å²) in [5.41, 5.74) is 3.59. The number of alkyl halides is 3. The molecule has 0 radical (unpaired) electrons. The summed E-state index contributed by atoms with van der Waals surface area (Å²) in [6.07, 6.45) is -0.879. The van der Waals surface area contributed by atoms with E-state index >= 15 is 0 Å². The van der Waals surface area contributed by atoms with E-state index in [9.17, 15) is 13.2 Å². The van der Waals surface area contributed by atoms with E-state index in [1.807, 2.05) is 0 Å². The van der Waals surface area contributed by atoms with Crippen LogP contribution in [0.3, 0.4) is 0 Å². The molecule has 0 saturated carbocycles. The molecule has 0 fully saturated rings. The first kappa shape index (κ1) is 24.1. The molecule has 0 atom stereocenters. The number of rotatable bonds is 0. The van der Waals surface area contributed by atoms with E-state index in [1.54, 1.807) is 0 Å². The third kappa shape index (κ3) is 8.01. The molecular formula is C7H3Cl2F3Zn2-2. The Labute approximate surface area is 118 Å². The average molecular weight is 346 g/mol. The second-order valence-electron chi connectivity index (χ2n) is 1.70. The molecule has 0 aromatic rings. The molecule has 0 unspecified atom stereocenters. The van der Waals surface area contributed by atoms with Gasteiger partial charge >= 0.3 is 6.18 Å². The zero-order valence-corrected chi connectivity index (χ0v) is 14.5. The third-order valence-electron chi connectivity index (χ3n) is 0.951. The Bertz CT molecular complexity index is 271. The fourth-order valence-corrected chi connectivity index (χ4v) is 0.516. The van der Waals surface area contributed by atoms with E-state index in [-0.39, 0.29) is 63.8 Å². The smallest absolute Gasteiger partial charge is 0.424 e. The van der Waals surface area contributed by atoms with Crippen LogP contribution in [0.15, 0.2) is 35.3 Å². The van der Waals surface area contributed by atoms with Crippen LogP contribution in [0.5, 0.6) is 0 Å². The molecule has 0 N–H and O–H groups in total. The Kier molecular flexibility index (Phi) is 17.5. The van der Waals surface area contributed by atoms with E-state index in [2.05, 4.69) is 11.5 Å². The van der Waals surface area contributed by atoms with Gasteiger partial charge in [-0.05, 0) is 12.2 Å². The molecule has 1 rings (SSSR count). The fourth-order valence-electron chi connectivity index (χ4n) is 0.516. The van der Waals surface area contributed by atoms with E-state index in [4.69, 9.17) is 0 Å². The molecule has 0 aliphatic heterocycles. The Balaban J connectivity index is -0.000000125. The SMILES string of the molecule is FC(F)(F)C1=C=CC=C=C1.[Cl-].[Cl-].[Zn].[Zn]. The maximum atomic E-state index is 11.7. The number of hydrogen-bond acceptors (Lipinski definition) is 0. The van der Waals surface area contributed by atoms with Crippen molar-refractivity contribution in [3.8, 4) is 0 Å². The van der Waals surface area contributed by atoms with Crippen LogP contribution in [0.4, 0.5) is 13.2 Å². The zero-order chi connectivity index (χ0) is 7.61. The standard InChI is InChI=1S/C7H3F3.2ClH.2Zn/c8-7(9,10)6-4-2-1-3-5-6;;;;/h1-2,5H;2*1H;;/p-2. The third-order valence-corrected chi connectivity index (χ3v) is 0.951. The molecule has 0 amide bonds. The molecule has 0 aromatic heterocycles. The van der Waals surface area contributed by atoms with Crippen molar-refractivity contribution < 1.29 is 76.9 Å². The van der Waals surface area contributed by atoms with Gasteiger partial charge in [0, 0.05) is 45.0 Å². The molecule has 14 heavy (non-hydrogen) atoms. The van der Waals surface area contributed by atoms with Crippen molar-refractivity contribution in [2.75, 3.05) is 0 Å². The van der Waals surface area contributed by atoms with E-state index < -0.39 is 11.7 Å². The van der Waals surface area contributed by atoms with Gasteiger partial charge in [-0.15, -0.1) is 11.5 Å². The molecule has 0 aromatic carbocycles. The van der Waals surface area contributed by atoms with Crippen LogP contribution < -0.4 is 24.8 Å². The second kappa shape index (κ2) is 10.2. The summed E-state index contributed by atoms with van der Waals surface area (Å²) >= 11 is 0. The first-order chi connectivity index (χ1) is 4.61. The van der Waals surface area contributed by atoms with Crippen molar-refractivity contribution in [1.29, 1.82) is 0 Å². The number of halogens is 5. The summed E-state index contributed by atoms with van der Waals surface area (Å²) in [6, 6.07) is 0. The van der Waals surface area contributed by atoms with Gasteiger partial charge in [0.1, 0.15) is 5.57 Å². The summed E-state index contributed by atoms with van der Waals surface area (Å²) in [7, 11) is 0. The molecule has 1 aliphatic carbocycles. The molecule has 1 aliphatic rings. The van der Waals surface area contributed by atoms with E-state index in [1.165, 1.54) is 12.2 Å². The Morgan fingerprint density at radius 1 is 1.00 bits per heavy atom. The minimum absolute atomic E-state index is 0. The zero-order valence-electron chi connectivity index (χ0n) is 7.04. The van der Waals surface area contributed by atoms with Gasteiger partial charge in [0.2, 0.25) is 0 Å². The summed E-state index contributed by atoms with van der Waals surface area (Å²) in [5, 5.41) is 0. The Morgan fingerprint density at radius 2 is 1.50 bits per heavy atom. The van der Waals surface area contributed by atoms with Crippen LogP contribution in [0.1, 0.15) is 0 Å². The Morgan fingerprint density at radius 3 is 1.71 bits per heavy atom. The first-order valence-corrected chi connectivity index (χ1v) is 2.55. The predicted octanol–water partition coefficient (Wildman–Crippen LogP) is -3.64. The van der Waals surface area contributed by atoms with Crippen LogP contribution in [0.25, 0.3) is 0 Å². The molecule has 0 spiro atoms. The van der Waals surface area contributed by atoms with Gasteiger partial charge in [-0.2, -0.15) is 13.2 Å². The van der Waals surface area contributed by atoms with Gasteiger partial charge in [0.05, 0.1) is 0 Å². The predicted molar refractivity (Wildman–Crippen MR) is 30.3 cm³/mol. The quantitative estimate of drug-likeness (QED) is 0.314. The summed E-state index contributed by atoms with van der Waals surface area (Å²) < 4.78 is 35.2. The van der Waals surface area contributed by atoms with Crippen LogP contribution in [0, 0.1) is 0 Å². The topological polar surface area (TPSA) is 0 Å². The van der Waals surface area contributed by atoms with Crippen LogP contribution in [0.2, 0.25) is 0 Å². The van der Waals surface area contributed by atoms with Crippen molar-refractivity contribution in [2.24, 2.45) is 0 Å². The molecule has 7 heteroatoms. The van der Waals surface area contributed by atoms with Crippen molar-refractivity contribution >= 4 is 0 Å². The van der Waals surface area contributed by atoms with Gasteiger partial charge in [-0.25, -0.2) is 0 Å². The van der Waals surface area contributed by atoms with Crippen molar-refractivity contribution in [3.63, 3.8) is 0 Å². The maximum absolute atomic E-state index is 11.7. The van der Waals surface area contributed by atoms with Gasteiger partial charge in [-0.3, -0.25) is 0 Å². The second-order valence-corrected chi connectivity index (χ2v) is 1.70. The molecule has 72 valence electrons. The number of hydrogen-bond donors (Lipinski definition) is 0.